The van der Waals surface area contributed by atoms with Gasteiger partial charge in [-0.15, -0.1) is 11.3 Å². The third-order valence-electron chi connectivity index (χ3n) is 16.6. The Morgan fingerprint density at radius 3 is 2.20 bits per heavy atom. The number of likely N-dealkylation sites (tertiary alicyclic amines) is 2. The fourth-order valence-corrected chi connectivity index (χ4v) is 12.6. The highest BCUT2D eigenvalue weighted by Crippen LogP contribution is 2.47. The number of ether oxygens (including phenoxy) is 1. The van der Waals surface area contributed by atoms with Crippen molar-refractivity contribution in [3.63, 3.8) is 0 Å². The number of benzene rings is 2. The lowest BCUT2D eigenvalue weighted by molar-refractivity contribution is -0.145. The van der Waals surface area contributed by atoms with Crippen LogP contribution in [0.2, 0.25) is 0 Å². The number of aliphatic hydroxyl groups is 1. The summed E-state index contributed by atoms with van der Waals surface area (Å²) < 4.78 is 47.7. The molecule has 0 radical (unpaired) electrons. The van der Waals surface area contributed by atoms with E-state index in [1.807, 2.05) is 94.0 Å². The minimum atomic E-state index is -4.70. The Labute approximate surface area is 475 Å². The zero-order valence-electron chi connectivity index (χ0n) is 47.4. The van der Waals surface area contributed by atoms with Crippen molar-refractivity contribution in [3.8, 4) is 16.2 Å². The second-order valence-electron chi connectivity index (χ2n) is 23.9. The number of halogens is 3. The van der Waals surface area contributed by atoms with Crippen molar-refractivity contribution in [1.82, 2.24) is 50.0 Å². The molecule has 4 N–H and O–H groups in total. The summed E-state index contributed by atoms with van der Waals surface area (Å²) in [6.45, 7) is 19.3. The molecule has 0 unspecified atom stereocenters. The second kappa shape index (κ2) is 24.5. The van der Waals surface area contributed by atoms with E-state index in [1.165, 1.54) is 11.0 Å². The number of aliphatic hydroxyl groups excluding tert-OH is 1. The van der Waals surface area contributed by atoms with Crippen LogP contribution in [0, 0.1) is 23.7 Å². The van der Waals surface area contributed by atoms with E-state index in [1.54, 1.807) is 23.5 Å². The molecule has 1 spiro atoms. The highest BCUT2D eigenvalue weighted by atomic mass is 32.1. The van der Waals surface area contributed by atoms with Crippen LogP contribution in [0.3, 0.4) is 0 Å². The molecule has 9 rings (SSSR count). The molecule has 4 aliphatic rings. The van der Waals surface area contributed by atoms with Crippen molar-refractivity contribution in [2.24, 2.45) is 16.7 Å². The van der Waals surface area contributed by atoms with Gasteiger partial charge < -0.3 is 35.6 Å². The minimum Gasteiger partial charge on any atom is -0.489 e. The zero-order valence-corrected chi connectivity index (χ0v) is 48.2. The average molecular weight is 1140 g/mol. The Balaban J connectivity index is 0.704. The number of hydrogen-bond acceptors (Lipinski definition) is 13. The van der Waals surface area contributed by atoms with Crippen LogP contribution in [0.4, 0.5) is 18.9 Å². The quantitative estimate of drug-likeness (QED) is 0.0750. The van der Waals surface area contributed by atoms with Crippen molar-refractivity contribution in [3.05, 3.63) is 88.9 Å². The molecule has 3 aromatic heterocycles. The molecular formula is C59H76F3N11O7S. The SMILES string of the molecule is Cc1ncsc1-c1ccc([C@H](C)NC(=O)[C@@H]2C[C@@H](O)CN2C(=O)[C@@H](NC(=O)C2CCC3(CC2)CCN(C(=O)CN2CCN(CCn4cc5cc(NC(=O)c6cccc(C(F)(F)F)n6)c(OC(C)C)cc5n4)CC2)CC3)C(C)(C)C)cc1. The lowest BCUT2D eigenvalue weighted by Gasteiger charge is -2.46. The molecule has 6 heterocycles. The topological polar surface area (TPSA) is 207 Å². The van der Waals surface area contributed by atoms with E-state index in [2.05, 4.69) is 35.7 Å². The number of fused-ring (bicyclic) bond motifs is 1. The number of amides is 5. The fourth-order valence-electron chi connectivity index (χ4n) is 11.8. The lowest BCUT2D eigenvalue weighted by atomic mass is 9.65. The van der Waals surface area contributed by atoms with Crippen LogP contribution in [0.25, 0.3) is 21.3 Å². The first-order valence-electron chi connectivity index (χ1n) is 28.3. The predicted octanol–water partition coefficient (Wildman–Crippen LogP) is 7.71. The summed E-state index contributed by atoms with van der Waals surface area (Å²) in [6.07, 6.45) is 0.984. The maximum absolute atomic E-state index is 14.4. The first kappa shape index (κ1) is 59.1. The van der Waals surface area contributed by atoms with Gasteiger partial charge in [0.05, 0.1) is 58.6 Å². The number of carbonyl (C=O) groups is 5. The van der Waals surface area contributed by atoms with Crippen molar-refractivity contribution < 1.29 is 47.0 Å². The molecule has 5 amide bonds. The van der Waals surface area contributed by atoms with Gasteiger partial charge in [-0.05, 0) is 106 Å². The number of aromatic nitrogens is 4. The molecule has 3 saturated heterocycles. The fraction of sp³-hybridized carbons (Fsp3) is 0.559. The molecule has 1 saturated carbocycles. The van der Waals surface area contributed by atoms with Gasteiger partial charge in [-0.2, -0.15) is 18.3 Å². The smallest absolute Gasteiger partial charge is 0.433 e. The van der Waals surface area contributed by atoms with Crippen LogP contribution in [0.15, 0.2) is 66.3 Å². The van der Waals surface area contributed by atoms with Gasteiger partial charge >= 0.3 is 6.18 Å². The third kappa shape index (κ3) is 14.2. The minimum absolute atomic E-state index is 0.000165. The van der Waals surface area contributed by atoms with Gasteiger partial charge in [0.15, 0.2) is 0 Å². The Morgan fingerprint density at radius 1 is 0.864 bits per heavy atom. The summed E-state index contributed by atoms with van der Waals surface area (Å²) >= 11 is 1.57. The third-order valence-corrected chi connectivity index (χ3v) is 17.6. The van der Waals surface area contributed by atoms with Gasteiger partial charge in [0.1, 0.15) is 29.2 Å². The van der Waals surface area contributed by atoms with E-state index in [4.69, 9.17) is 9.84 Å². The maximum atomic E-state index is 14.4. The molecule has 5 aromatic rings. The maximum Gasteiger partial charge on any atom is 0.433 e. The zero-order chi connectivity index (χ0) is 58.0. The molecule has 18 nitrogen and oxygen atoms in total. The molecule has 2 aromatic carbocycles. The van der Waals surface area contributed by atoms with E-state index in [9.17, 15) is 42.3 Å². The second-order valence-corrected chi connectivity index (χ2v) is 24.8. The van der Waals surface area contributed by atoms with Crippen LogP contribution in [0.1, 0.15) is 120 Å². The number of nitrogens with one attached hydrogen (secondary N) is 3. The number of alkyl halides is 3. The summed E-state index contributed by atoms with van der Waals surface area (Å²) in [6, 6.07) is 12.4. The number of piperazine rings is 1. The van der Waals surface area contributed by atoms with Crippen LogP contribution in [-0.4, -0.2) is 157 Å². The van der Waals surface area contributed by atoms with Crippen molar-refractivity contribution in [2.45, 2.75) is 136 Å². The van der Waals surface area contributed by atoms with Crippen molar-refractivity contribution >= 4 is 57.5 Å². The number of nitrogens with zero attached hydrogens (tertiary/aromatic N) is 8. The van der Waals surface area contributed by atoms with Gasteiger partial charge in [-0.1, -0.05) is 51.1 Å². The molecule has 436 valence electrons. The first-order valence-corrected chi connectivity index (χ1v) is 29.2. The lowest BCUT2D eigenvalue weighted by Crippen LogP contribution is -2.58. The Morgan fingerprint density at radius 2 is 1.56 bits per heavy atom. The van der Waals surface area contributed by atoms with Crippen LogP contribution >= 0.6 is 11.3 Å². The van der Waals surface area contributed by atoms with Gasteiger partial charge in [0.2, 0.25) is 23.6 Å². The summed E-state index contributed by atoms with van der Waals surface area (Å²) in [5, 5.41) is 25.1. The summed E-state index contributed by atoms with van der Waals surface area (Å²) in [4.78, 5) is 86.0. The van der Waals surface area contributed by atoms with Gasteiger partial charge in [-0.25, -0.2) is 9.97 Å². The van der Waals surface area contributed by atoms with Crippen LogP contribution in [0.5, 0.6) is 5.75 Å². The van der Waals surface area contributed by atoms with E-state index in [0.29, 0.717) is 55.7 Å². The van der Waals surface area contributed by atoms with Gasteiger partial charge in [0.25, 0.3) is 5.91 Å². The molecule has 1 aliphatic carbocycles. The van der Waals surface area contributed by atoms with Crippen molar-refractivity contribution in [2.75, 3.05) is 64.2 Å². The van der Waals surface area contributed by atoms with E-state index in [0.717, 1.165) is 92.2 Å². The Kier molecular flexibility index (Phi) is 17.9. The van der Waals surface area contributed by atoms with E-state index in [-0.39, 0.29) is 71.5 Å². The largest absolute Gasteiger partial charge is 0.489 e. The highest BCUT2D eigenvalue weighted by molar-refractivity contribution is 7.13. The number of rotatable bonds is 16. The molecule has 4 fully saturated rings. The Hall–Kier alpha value is -6.49. The predicted molar refractivity (Wildman–Crippen MR) is 302 cm³/mol. The normalized spacial score (nSPS) is 20.1. The van der Waals surface area contributed by atoms with Crippen LogP contribution in [-0.2, 0) is 31.9 Å². The molecular weight excluding hydrogens is 1060 g/mol. The highest BCUT2D eigenvalue weighted by Gasteiger charge is 2.47. The molecule has 3 aliphatic heterocycles. The van der Waals surface area contributed by atoms with Gasteiger partial charge in [0, 0.05) is 82.3 Å². The average Bonchev–Trinajstić information content (AvgIpc) is 4.22. The molecule has 4 atom stereocenters. The number of β-amino-alcohol motifs (C(OH)–C–C–N with tert-alkyl or cyclic N) is 1. The summed E-state index contributed by atoms with van der Waals surface area (Å²) in [7, 11) is 0. The van der Waals surface area contributed by atoms with E-state index < -0.39 is 41.4 Å². The van der Waals surface area contributed by atoms with Gasteiger partial charge in [-0.3, -0.25) is 38.5 Å². The number of aryl methyl sites for hydroxylation is 1. The standard InChI is InChI=1S/C59H76F3N11O7S/c1-36(2)80-48-31-45-42(29-46(48)66-54(77)44-9-8-10-49(65-44)59(60,61)62)32-72(68-45)28-27-69-23-25-70(26-24-69)34-50(75)71-21-19-58(20-22-71)17-15-41(16-18-58)53(76)67-52(57(5,6)7)56(79)73-33-43(74)30-47(73)55(78)64-37(3)39-11-13-40(14-12-39)51-38(4)63-35-81-51/h8-14,29,31-32,35-37,41,43,47,52,74H,15-28,30,33-34H2,1-7H3,(H,64,78)(H,66,77)(H,67,76)/t37-,43+,47-,52+/m0/s1. The summed E-state index contributed by atoms with van der Waals surface area (Å²) in [5.41, 5.74) is 3.50. The molecule has 22 heteroatoms. The van der Waals surface area contributed by atoms with Crippen LogP contribution < -0.4 is 20.7 Å². The first-order chi connectivity index (χ1) is 38.4. The number of thiazole rings is 1. The number of piperidine rings is 1. The Bertz CT molecular complexity index is 3060. The monoisotopic (exact) mass is 1140 g/mol. The van der Waals surface area contributed by atoms with E-state index >= 15 is 0 Å². The number of anilines is 1. The number of pyridine rings is 1. The van der Waals surface area contributed by atoms with Crippen molar-refractivity contribution in [1.29, 1.82) is 0 Å². The molecule has 0 bridgehead atoms. The number of carbonyl (C=O) groups excluding carboxylic acids is 5. The summed E-state index contributed by atoms with van der Waals surface area (Å²) in [5.74, 6) is -1.51. The number of hydrogen-bond donors (Lipinski definition) is 4. The molecule has 81 heavy (non-hydrogen) atoms.